The largest absolute Gasteiger partial charge is 0.496 e. The number of tetrazole rings is 1. The summed E-state index contributed by atoms with van der Waals surface area (Å²) in [4.78, 5) is 22.9. The molecule has 0 radical (unpaired) electrons. The minimum atomic E-state index is -0.423. The molecule has 0 saturated heterocycles. The highest BCUT2D eigenvalue weighted by molar-refractivity contribution is 5.66. The molecule has 0 aliphatic rings. The summed E-state index contributed by atoms with van der Waals surface area (Å²) < 4.78 is 12.4. The normalized spacial score (nSPS) is 10.3. The Labute approximate surface area is 114 Å². The Morgan fingerprint density at radius 3 is 2.65 bits per heavy atom. The van der Waals surface area contributed by atoms with Gasteiger partial charge in [-0.05, 0) is 22.6 Å². The van der Waals surface area contributed by atoms with Crippen molar-refractivity contribution in [3.63, 3.8) is 0 Å². The molecule has 106 valence electrons. The summed E-state index contributed by atoms with van der Waals surface area (Å²) >= 11 is 0. The van der Waals surface area contributed by atoms with Crippen LogP contribution < -0.4 is 10.4 Å². The maximum absolute atomic E-state index is 11.9. The van der Waals surface area contributed by atoms with E-state index in [0.717, 1.165) is 9.36 Å². The van der Waals surface area contributed by atoms with E-state index in [-0.39, 0.29) is 6.61 Å². The second-order valence-electron chi connectivity index (χ2n) is 4.04. The highest BCUT2D eigenvalue weighted by atomic mass is 16.5. The van der Waals surface area contributed by atoms with E-state index in [9.17, 15) is 9.59 Å². The van der Waals surface area contributed by atoms with Gasteiger partial charge >= 0.3 is 11.7 Å². The van der Waals surface area contributed by atoms with Crippen LogP contribution in [-0.4, -0.2) is 32.9 Å². The zero-order chi connectivity index (χ0) is 14.7. The number of esters is 1. The Hall–Kier alpha value is -2.64. The predicted octanol–water partition coefficient (Wildman–Crippen LogP) is 0.0377. The van der Waals surface area contributed by atoms with Gasteiger partial charge < -0.3 is 9.47 Å². The van der Waals surface area contributed by atoms with Gasteiger partial charge in [-0.15, -0.1) is 0 Å². The molecule has 20 heavy (non-hydrogen) atoms. The molecule has 2 rings (SSSR count). The van der Waals surface area contributed by atoms with Crippen LogP contribution in [0.4, 0.5) is 0 Å². The number of rotatable bonds is 4. The van der Waals surface area contributed by atoms with Crippen molar-refractivity contribution in [2.24, 2.45) is 7.05 Å². The number of hydrogen-bond donors (Lipinski definition) is 0. The fourth-order valence-electron chi connectivity index (χ4n) is 1.73. The van der Waals surface area contributed by atoms with Crippen LogP contribution in [0.1, 0.15) is 12.5 Å². The molecule has 2 aromatic rings. The van der Waals surface area contributed by atoms with Crippen molar-refractivity contribution >= 4 is 5.97 Å². The predicted molar refractivity (Wildman–Crippen MR) is 68.6 cm³/mol. The van der Waals surface area contributed by atoms with Gasteiger partial charge in [0.1, 0.15) is 12.4 Å². The number of methoxy groups -OCH3 is 1. The molecule has 0 amide bonds. The molecule has 8 nitrogen and oxygen atoms in total. The molecule has 0 aliphatic heterocycles. The molecule has 0 unspecified atom stereocenters. The van der Waals surface area contributed by atoms with Gasteiger partial charge in [-0.3, -0.25) is 4.79 Å². The molecule has 0 N–H and O–H groups in total. The summed E-state index contributed by atoms with van der Waals surface area (Å²) in [7, 11) is 2.99. The summed E-state index contributed by atoms with van der Waals surface area (Å²) in [6.07, 6.45) is 0. The molecule has 0 spiro atoms. The third kappa shape index (κ3) is 2.53. The highest BCUT2D eigenvalue weighted by Crippen LogP contribution is 2.24. The van der Waals surface area contributed by atoms with Gasteiger partial charge in [-0.1, -0.05) is 6.07 Å². The molecule has 0 bridgehead atoms. The van der Waals surface area contributed by atoms with E-state index in [4.69, 9.17) is 9.47 Å². The van der Waals surface area contributed by atoms with Crippen LogP contribution in [0.2, 0.25) is 0 Å². The van der Waals surface area contributed by atoms with Gasteiger partial charge in [0.05, 0.1) is 18.4 Å². The number of benzene rings is 1. The fraction of sp³-hybridized carbons (Fsp3) is 0.333. The zero-order valence-electron chi connectivity index (χ0n) is 11.4. The Morgan fingerprint density at radius 2 is 2.10 bits per heavy atom. The summed E-state index contributed by atoms with van der Waals surface area (Å²) in [6.45, 7) is 1.29. The van der Waals surface area contributed by atoms with Gasteiger partial charge in [-0.2, -0.15) is 9.36 Å². The van der Waals surface area contributed by atoms with Crippen molar-refractivity contribution in [2.75, 3.05) is 7.11 Å². The third-order valence-electron chi connectivity index (χ3n) is 2.70. The van der Waals surface area contributed by atoms with E-state index in [1.54, 1.807) is 18.2 Å². The molecule has 0 saturated carbocycles. The molecule has 0 atom stereocenters. The summed E-state index contributed by atoms with van der Waals surface area (Å²) in [5, 5.41) is 7.42. The molecule has 8 heteroatoms. The van der Waals surface area contributed by atoms with Crippen molar-refractivity contribution in [2.45, 2.75) is 13.5 Å². The lowest BCUT2D eigenvalue weighted by atomic mass is 10.1. The first-order valence-electron chi connectivity index (χ1n) is 5.83. The standard InChI is InChI=1S/C12H14N4O4/c1-8(17)20-7-9-10(5-4-6-11(9)19-3)16-12(18)15(2)13-14-16/h4-6H,7H2,1-3H3. The van der Waals surface area contributed by atoms with Gasteiger partial charge in [0.15, 0.2) is 0 Å². The Balaban J connectivity index is 2.54. The number of nitrogens with zero attached hydrogens (tertiary/aromatic N) is 4. The fourth-order valence-corrected chi connectivity index (χ4v) is 1.73. The van der Waals surface area contributed by atoms with E-state index >= 15 is 0 Å². The average molecular weight is 278 g/mol. The van der Waals surface area contributed by atoms with Crippen LogP contribution >= 0.6 is 0 Å². The summed E-state index contributed by atoms with van der Waals surface area (Å²) in [6, 6.07) is 5.10. The number of aromatic nitrogens is 4. The monoisotopic (exact) mass is 278 g/mol. The Kier molecular flexibility index (Phi) is 3.83. The van der Waals surface area contributed by atoms with Crippen LogP contribution in [0.3, 0.4) is 0 Å². The molecule has 1 heterocycles. The first-order valence-corrected chi connectivity index (χ1v) is 5.83. The van der Waals surface area contributed by atoms with Gasteiger partial charge in [-0.25, -0.2) is 4.79 Å². The lowest BCUT2D eigenvalue weighted by Crippen LogP contribution is -2.23. The smallest absolute Gasteiger partial charge is 0.368 e. The number of aryl methyl sites for hydroxylation is 1. The molecule has 0 fully saturated rings. The van der Waals surface area contributed by atoms with Crippen molar-refractivity contribution < 1.29 is 14.3 Å². The van der Waals surface area contributed by atoms with Crippen LogP contribution in [0.5, 0.6) is 5.75 Å². The van der Waals surface area contributed by atoms with E-state index in [2.05, 4.69) is 10.4 Å². The van der Waals surface area contributed by atoms with Crippen LogP contribution in [0, 0.1) is 0 Å². The number of carbonyl (C=O) groups is 1. The van der Waals surface area contributed by atoms with Crippen molar-refractivity contribution in [3.05, 3.63) is 34.2 Å². The third-order valence-corrected chi connectivity index (χ3v) is 2.70. The molecular formula is C12H14N4O4. The van der Waals surface area contributed by atoms with E-state index in [0.29, 0.717) is 17.0 Å². The van der Waals surface area contributed by atoms with Crippen LogP contribution in [0.25, 0.3) is 5.69 Å². The summed E-state index contributed by atoms with van der Waals surface area (Å²) in [5.74, 6) is 0.0784. The van der Waals surface area contributed by atoms with Crippen molar-refractivity contribution in [1.82, 2.24) is 19.8 Å². The maximum Gasteiger partial charge on any atom is 0.368 e. The van der Waals surface area contributed by atoms with Crippen molar-refractivity contribution in [1.29, 1.82) is 0 Å². The molecular weight excluding hydrogens is 264 g/mol. The lowest BCUT2D eigenvalue weighted by molar-refractivity contribution is -0.142. The maximum atomic E-state index is 11.9. The number of ether oxygens (including phenoxy) is 2. The van der Waals surface area contributed by atoms with Gasteiger partial charge in [0.2, 0.25) is 0 Å². The quantitative estimate of drug-likeness (QED) is 0.734. The Morgan fingerprint density at radius 1 is 1.35 bits per heavy atom. The summed E-state index contributed by atoms with van der Waals surface area (Å²) in [5.41, 5.74) is 0.610. The number of carbonyl (C=O) groups excluding carboxylic acids is 1. The second-order valence-corrected chi connectivity index (χ2v) is 4.04. The number of hydrogen-bond acceptors (Lipinski definition) is 6. The Bertz CT molecular complexity index is 689. The van der Waals surface area contributed by atoms with E-state index in [1.807, 2.05) is 0 Å². The SMILES string of the molecule is COc1cccc(-n2nnn(C)c2=O)c1COC(C)=O. The van der Waals surface area contributed by atoms with E-state index in [1.165, 1.54) is 21.1 Å². The van der Waals surface area contributed by atoms with E-state index < -0.39 is 11.7 Å². The highest BCUT2D eigenvalue weighted by Gasteiger charge is 2.16. The topological polar surface area (TPSA) is 88.2 Å². The lowest BCUT2D eigenvalue weighted by Gasteiger charge is -2.12. The van der Waals surface area contributed by atoms with Crippen LogP contribution in [0.15, 0.2) is 23.0 Å². The molecule has 1 aromatic heterocycles. The molecule has 0 aliphatic carbocycles. The molecule has 1 aromatic carbocycles. The van der Waals surface area contributed by atoms with Crippen LogP contribution in [-0.2, 0) is 23.2 Å². The second kappa shape index (κ2) is 5.55. The van der Waals surface area contributed by atoms with Gasteiger partial charge in [0.25, 0.3) is 0 Å². The minimum absolute atomic E-state index is 0.0162. The van der Waals surface area contributed by atoms with Crippen molar-refractivity contribution in [3.8, 4) is 11.4 Å². The van der Waals surface area contributed by atoms with Gasteiger partial charge in [0, 0.05) is 14.0 Å². The minimum Gasteiger partial charge on any atom is -0.496 e. The zero-order valence-corrected chi connectivity index (χ0v) is 11.4. The first kappa shape index (κ1) is 13.8. The average Bonchev–Trinajstić information content (AvgIpc) is 2.76. The first-order chi connectivity index (χ1) is 9.54.